The van der Waals surface area contributed by atoms with Gasteiger partial charge in [-0.3, -0.25) is 4.79 Å². The Kier molecular flexibility index (Phi) is 5.96. The minimum atomic E-state index is -2.14. The number of allylic oxidation sites excluding steroid dienone is 3. The largest absolute Gasteiger partial charge is 0.495 e. The first-order valence-corrected chi connectivity index (χ1v) is 8.41. The first-order valence-electron chi connectivity index (χ1n) is 7.30. The summed E-state index contributed by atoms with van der Waals surface area (Å²) >= 11 is -2.14. The molecule has 0 heterocycles. The molecular formula is C18H19NO4S. The van der Waals surface area contributed by atoms with Crippen LogP contribution in [0.15, 0.2) is 46.9 Å². The smallest absolute Gasteiger partial charge is 0.250 e. The average Bonchev–Trinajstić information content (AvgIpc) is 2.53. The van der Waals surface area contributed by atoms with Crippen molar-refractivity contribution in [2.45, 2.75) is 17.2 Å². The lowest BCUT2D eigenvalue weighted by Gasteiger charge is -2.13. The molecule has 5 nitrogen and oxygen atoms in total. The van der Waals surface area contributed by atoms with E-state index in [1.54, 1.807) is 38.4 Å². The molecule has 1 amide bonds. The van der Waals surface area contributed by atoms with E-state index < -0.39 is 11.1 Å². The molecule has 1 N–H and O–H groups in total. The van der Waals surface area contributed by atoms with Gasteiger partial charge in [0.25, 0.3) is 0 Å². The van der Waals surface area contributed by atoms with E-state index in [0.29, 0.717) is 17.7 Å². The van der Waals surface area contributed by atoms with Crippen LogP contribution in [0.4, 0.5) is 0 Å². The van der Waals surface area contributed by atoms with Crippen molar-refractivity contribution in [3.8, 4) is 17.6 Å². The predicted molar refractivity (Wildman–Crippen MR) is 93.1 cm³/mol. The lowest BCUT2D eigenvalue weighted by Crippen LogP contribution is -2.23. The Hall–Kier alpha value is -2.36. The highest BCUT2D eigenvalue weighted by atomic mass is 32.2. The molecule has 0 radical (unpaired) electrons. The molecule has 24 heavy (non-hydrogen) atoms. The number of hydrogen-bond acceptors (Lipinski definition) is 3. The first-order chi connectivity index (χ1) is 11.4. The summed E-state index contributed by atoms with van der Waals surface area (Å²) in [5.74, 6) is 6.19. The summed E-state index contributed by atoms with van der Waals surface area (Å²) in [5, 5.41) is 0. The third-order valence-electron chi connectivity index (χ3n) is 3.55. The van der Waals surface area contributed by atoms with Gasteiger partial charge in [-0.2, -0.15) is 0 Å². The number of ether oxygens (including phenoxy) is 1. The van der Waals surface area contributed by atoms with Gasteiger partial charge in [0.2, 0.25) is 5.91 Å². The van der Waals surface area contributed by atoms with Gasteiger partial charge >= 0.3 is 0 Å². The number of methoxy groups -OCH3 is 1. The van der Waals surface area contributed by atoms with Gasteiger partial charge in [0, 0.05) is 26.1 Å². The fraction of sp³-hybridized carbons (Fsp3) is 0.278. The standard InChI is InChI=1S/C18H19NO4S/c1-19(2)18(20)14-8-4-6-13(7-5-9-14)15-10-11-16(23-3)17(12-15)24(21)22/h4,6,8,10-13H,9H2,1-3H3,(H,21,22)/b6-4?,14-8+. The van der Waals surface area contributed by atoms with E-state index in [1.807, 2.05) is 12.1 Å². The molecule has 2 unspecified atom stereocenters. The van der Waals surface area contributed by atoms with Crippen molar-refractivity contribution in [2.24, 2.45) is 0 Å². The van der Waals surface area contributed by atoms with Gasteiger partial charge in [-0.15, -0.1) is 0 Å². The molecule has 6 heteroatoms. The van der Waals surface area contributed by atoms with Crippen molar-refractivity contribution >= 4 is 17.0 Å². The topological polar surface area (TPSA) is 66.8 Å². The van der Waals surface area contributed by atoms with E-state index in [4.69, 9.17) is 4.74 Å². The molecule has 0 spiro atoms. The Balaban J connectivity index is 2.32. The number of amides is 1. The molecule has 0 saturated carbocycles. The molecule has 0 bridgehead atoms. The lowest BCUT2D eigenvalue weighted by atomic mass is 9.96. The van der Waals surface area contributed by atoms with Crippen LogP contribution in [0.25, 0.3) is 0 Å². The molecule has 2 atom stereocenters. The minimum absolute atomic E-state index is 0.0604. The molecule has 0 aliphatic heterocycles. The van der Waals surface area contributed by atoms with Crippen molar-refractivity contribution in [1.29, 1.82) is 0 Å². The molecular weight excluding hydrogens is 326 g/mol. The van der Waals surface area contributed by atoms with E-state index in [2.05, 4.69) is 11.8 Å². The van der Waals surface area contributed by atoms with Crippen molar-refractivity contribution in [1.82, 2.24) is 4.90 Å². The Morgan fingerprint density at radius 1 is 1.42 bits per heavy atom. The van der Waals surface area contributed by atoms with Crippen LogP contribution in [0.3, 0.4) is 0 Å². The van der Waals surface area contributed by atoms with Gasteiger partial charge in [0.1, 0.15) is 10.6 Å². The maximum absolute atomic E-state index is 12.0. The second-order valence-electron chi connectivity index (χ2n) is 5.41. The summed E-state index contributed by atoms with van der Waals surface area (Å²) in [7, 11) is 4.86. The zero-order chi connectivity index (χ0) is 17.7. The van der Waals surface area contributed by atoms with Crippen LogP contribution in [-0.2, 0) is 15.9 Å². The summed E-state index contributed by atoms with van der Waals surface area (Å²) in [6.45, 7) is 0. The maximum atomic E-state index is 12.0. The monoisotopic (exact) mass is 345 g/mol. The maximum Gasteiger partial charge on any atom is 0.250 e. The van der Waals surface area contributed by atoms with Gasteiger partial charge in [-0.1, -0.05) is 36.1 Å². The highest BCUT2D eigenvalue weighted by molar-refractivity contribution is 7.79. The number of carbonyl (C=O) groups is 1. The number of rotatable bonds is 4. The fourth-order valence-electron chi connectivity index (χ4n) is 2.30. The van der Waals surface area contributed by atoms with E-state index in [-0.39, 0.29) is 16.7 Å². The number of nitrogens with zero attached hydrogens (tertiary/aromatic N) is 1. The van der Waals surface area contributed by atoms with Crippen LogP contribution < -0.4 is 4.74 Å². The van der Waals surface area contributed by atoms with E-state index in [0.717, 1.165) is 5.56 Å². The number of hydrogen-bond donors (Lipinski definition) is 1. The van der Waals surface area contributed by atoms with Crippen LogP contribution in [0.5, 0.6) is 5.75 Å². The highest BCUT2D eigenvalue weighted by Gasteiger charge is 2.15. The second-order valence-corrected chi connectivity index (χ2v) is 6.35. The van der Waals surface area contributed by atoms with Crippen molar-refractivity contribution in [3.05, 3.63) is 47.6 Å². The third-order valence-corrected chi connectivity index (χ3v) is 4.25. The molecule has 1 aliphatic carbocycles. The zero-order valence-corrected chi connectivity index (χ0v) is 14.6. The van der Waals surface area contributed by atoms with E-state index in [9.17, 15) is 13.6 Å². The summed E-state index contributed by atoms with van der Waals surface area (Å²) < 4.78 is 25.9. The van der Waals surface area contributed by atoms with Crippen LogP contribution in [0.1, 0.15) is 17.9 Å². The van der Waals surface area contributed by atoms with Gasteiger partial charge in [0.05, 0.1) is 13.0 Å². The zero-order valence-electron chi connectivity index (χ0n) is 13.8. The van der Waals surface area contributed by atoms with Crippen LogP contribution in [0.2, 0.25) is 0 Å². The van der Waals surface area contributed by atoms with E-state index >= 15 is 0 Å². The van der Waals surface area contributed by atoms with Gasteiger partial charge in [-0.05, 0) is 17.7 Å². The second kappa shape index (κ2) is 7.95. The molecule has 0 fully saturated rings. The van der Waals surface area contributed by atoms with Crippen LogP contribution in [0, 0.1) is 11.8 Å². The average molecular weight is 345 g/mol. The minimum Gasteiger partial charge on any atom is -0.495 e. The normalized spacial score (nSPS) is 19.8. The predicted octanol–water partition coefficient (Wildman–Crippen LogP) is 2.34. The summed E-state index contributed by atoms with van der Waals surface area (Å²) in [4.78, 5) is 13.7. The van der Waals surface area contributed by atoms with Crippen molar-refractivity contribution in [3.63, 3.8) is 0 Å². The quantitative estimate of drug-likeness (QED) is 0.672. The fourth-order valence-corrected chi connectivity index (χ4v) is 2.86. The summed E-state index contributed by atoms with van der Waals surface area (Å²) in [6, 6.07) is 5.09. The molecule has 1 aromatic carbocycles. The number of benzene rings is 1. The molecule has 126 valence electrons. The molecule has 1 aromatic rings. The Labute approximate surface area is 144 Å². The lowest BCUT2D eigenvalue weighted by molar-refractivity contribution is -0.124. The van der Waals surface area contributed by atoms with Crippen molar-refractivity contribution in [2.75, 3.05) is 21.2 Å². The van der Waals surface area contributed by atoms with Crippen LogP contribution >= 0.6 is 0 Å². The molecule has 2 rings (SSSR count). The Bertz CT molecular complexity index is 784. The number of carbonyl (C=O) groups excluding carboxylic acids is 1. The van der Waals surface area contributed by atoms with Crippen molar-refractivity contribution < 1.29 is 18.3 Å². The Morgan fingerprint density at radius 2 is 2.17 bits per heavy atom. The SMILES string of the molecule is COc1ccc(C2C#CC/C(C(=O)N(C)C)=C\C=C2)cc1S(=O)O. The molecule has 0 saturated heterocycles. The Morgan fingerprint density at radius 3 is 2.79 bits per heavy atom. The highest BCUT2D eigenvalue weighted by Crippen LogP contribution is 2.27. The van der Waals surface area contributed by atoms with Gasteiger partial charge in [0.15, 0.2) is 11.1 Å². The summed E-state index contributed by atoms with van der Waals surface area (Å²) in [6.07, 6.45) is 5.79. The summed E-state index contributed by atoms with van der Waals surface area (Å²) in [5.41, 5.74) is 1.43. The molecule has 0 aromatic heterocycles. The third kappa shape index (κ3) is 4.13. The van der Waals surface area contributed by atoms with Gasteiger partial charge < -0.3 is 14.2 Å². The molecule has 1 aliphatic rings. The van der Waals surface area contributed by atoms with Crippen LogP contribution in [-0.4, -0.2) is 40.8 Å². The number of likely N-dealkylation sites (N-methyl/N-ethyl adjacent to an activating group) is 1. The first kappa shape index (κ1) is 18.0. The van der Waals surface area contributed by atoms with Gasteiger partial charge in [-0.25, -0.2) is 4.21 Å². The van der Waals surface area contributed by atoms with E-state index in [1.165, 1.54) is 12.0 Å².